The fourth-order valence-electron chi connectivity index (χ4n) is 3.05. The molecule has 2 aromatic rings. The zero-order valence-electron chi connectivity index (χ0n) is 13.8. The predicted molar refractivity (Wildman–Crippen MR) is 90.3 cm³/mol. The molecule has 0 radical (unpaired) electrons. The van der Waals surface area contributed by atoms with Crippen LogP contribution in [-0.2, 0) is 17.6 Å². The van der Waals surface area contributed by atoms with Crippen molar-refractivity contribution in [2.24, 2.45) is 0 Å². The monoisotopic (exact) mass is 329 g/mol. The zero-order valence-corrected chi connectivity index (χ0v) is 13.8. The maximum atomic E-state index is 13.8. The minimum absolute atomic E-state index is 0.0364. The van der Waals surface area contributed by atoms with Gasteiger partial charge in [0.15, 0.2) is 11.6 Å². The molecule has 0 saturated carbocycles. The van der Waals surface area contributed by atoms with Gasteiger partial charge in [-0.25, -0.2) is 4.39 Å². The van der Waals surface area contributed by atoms with Crippen molar-refractivity contribution in [1.29, 1.82) is 0 Å². The molecule has 0 N–H and O–H groups in total. The maximum Gasteiger partial charge on any atom is 0.231 e. The van der Waals surface area contributed by atoms with E-state index in [0.717, 1.165) is 29.8 Å². The quantitative estimate of drug-likeness (QED) is 0.863. The molecule has 0 aromatic heterocycles. The zero-order chi connectivity index (χ0) is 17.1. The van der Waals surface area contributed by atoms with Crippen LogP contribution in [0.15, 0.2) is 36.4 Å². The van der Waals surface area contributed by atoms with Gasteiger partial charge in [-0.2, -0.15) is 0 Å². The summed E-state index contributed by atoms with van der Waals surface area (Å²) in [4.78, 5) is 14.5. The molecule has 4 nitrogen and oxygen atoms in total. The molecule has 1 heterocycles. The summed E-state index contributed by atoms with van der Waals surface area (Å²) in [6, 6.07) is 10.4. The SMILES string of the molecule is COc1ccc2c(c1)CCCN2C(=O)Cc1ccc(OC)c(F)c1. The van der Waals surface area contributed by atoms with E-state index in [4.69, 9.17) is 9.47 Å². The Morgan fingerprint density at radius 1 is 1.17 bits per heavy atom. The maximum absolute atomic E-state index is 13.8. The fourth-order valence-corrected chi connectivity index (χ4v) is 3.05. The van der Waals surface area contributed by atoms with Crippen LogP contribution in [0, 0.1) is 5.82 Å². The Kier molecular flexibility index (Phi) is 4.69. The van der Waals surface area contributed by atoms with Gasteiger partial charge in [0, 0.05) is 12.2 Å². The third-order valence-electron chi connectivity index (χ3n) is 4.28. The number of methoxy groups -OCH3 is 2. The average Bonchev–Trinajstić information content (AvgIpc) is 2.60. The second-order valence-corrected chi connectivity index (χ2v) is 5.79. The van der Waals surface area contributed by atoms with Gasteiger partial charge in [0.2, 0.25) is 5.91 Å². The first-order chi connectivity index (χ1) is 11.6. The lowest BCUT2D eigenvalue weighted by atomic mass is 10.0. The Balaban J connectivity index is 1.80. The lowest BCUT2D eigenvalue weighted by Crippen LogP contribution is -2.36. The normalized spacial score (nSPS) is 13.4. The number of hydrogen-bond acceptors (Lipinski definition) is 3. The van der Waals surface area contributed by atoms with Crippen LogP contribution in [0.25, 0.3) is 0 Å². The smallest absolute Gasteiger partial charge is 0.231 e. The molecule has 0 unspecified atom stereocenters. The van der Waals surface area contributed by atoms with E-state index in [1.54, 1.807) is 24.1 Å². The highest BCUT2D eigenvalue weighted by atomic mass is 19.1. The van der Waals surface area contributed by atoms with Crippen LogP contribution in [0.1, 0.15) is 17.5 Å². The summed E-state index contributed by atoms with van der Waals surface area (Å²) < 4.78 is 24.0. The molecule has 0 saturated heterocycles. The number of nitrogens with zero attached hydrogens (tertiary/aromatic N) is 1. The van der Waals surface area contributed by atoms with Crippen LogP contribution in [0.5, 0.6) is 11.5 Å². The van der Waals surface area contributed by atoms with E-state index in [-0.39, 0.29) is 18.1 Å². The van der Waals surface area contributed by atoms with Gasteiger partial charge < -0.3 is 14.4 Å². The lowest BCUT2D eigenvalue weighted by molar-refractivity contribution is -0.118. The summed E-state index contributed by atoms with van der Waals surface area (Å²) in [6.07, 6.45) is 1.99. The predicted octanol–water partition coefficient (Wildman–Crippen LogP) is 3.36. The van der Waals surface area contributed by atoms with E-state index < -0.39 is 5.82 Å². The molecule has 1 aliphatic rings. The second-order valence-electron chi connectivity index (χ2n) is 5.79. The number of halogens is 1. The van der Waals surface area contributed by atoms with Gasteiger partial charge in [-0.1, -0.05) is 6.07 Å². The molecule has 2 aromatic carbocycles. The van der Waals surface area contributed by atoms with Crippen molar-refractivity contribution in [3.05, 3.63) is 53.3 Å². The summed E-state index contributed by atoms with van der Waals surface area (Å²) >= 11 is 0. The van der Waals surface area contributed by atoms with Crippen molar-refractivity contribution in [3.63, 3.8) is 0 Å². The number of ether oxygens (including phenoxy) is 2. The molecule has 0 fully saturated rings. The average molecular weight is 329 g/mol. The fraction of sp³-hybridized carbons (Fsp3) is 0.316. The molecular formula is C19H20FNO3. The molecule has 1 amide bonds. The third-order valence-corrected chi connectivity index (χ3v) is 4.28. The molecule has 126 valence electrons. The molecule has 1 aliphatic heterocycles. The first-order valence-electron chi connectivity index (χ1n) is 7.92. The van der Waals surface area contributed by atoms with Gasteiger partial charge in [0.25, 0.3) is 0 Å². The number of benzene rings is 2. The second kappa shape index (κ2) is 6.91. The minimum atomic E-state index is -0.452. The van der Waals surface area contributed by atoms with Crippen molar-refractivity contribution >= 4 is 11.6 Å². The third kappa shape index (κ3) is 3.20. The molecular weight excluding hydrogens is 309 g/mol. The van der Waals surface area contributed by atoms with Crippen molar-refractivity contribution in [3.8, 4) is 11.5 Å². The Bertz CT molecular complexity index is 760. The molecule has 3 rings (SSSR count). The number of rotatable bonds is 4. The van der Waals surface area contributed by atoms with Crippen LogP contribution in [0.2, 0.25) is 0 Å². The summed E-state index contributed by atoms with van der Waals surface area (Å²) in [5.41, 5.74) is 2.66. The molecule has 0 aliphatic carbocycles. The van der Waals surface area contributed by atoms with Crippen LogP contribution in [0.3, 0.4) is 0 Å². The highest BCUT2D eigenvalue weighted by molar-refractivity contribution is 5.96. The van der Waals surface area contributed by atoms with E-state index in [1.165, 1.54) is 13.2 Å². The van der Waals surface area contributed by atoms with E-state index in [0.29, 0.717) is 12.1 Å². The van der Waals surface area contributed by atoms with Gasteiger partial charge in [-0.05, 0) is 54.3 Å². The van der Waals surface area contributed by atoms with E-state index in [2.05, 4.69) is 0 Å². The largest absolute Gasteiger partial charge is 0.497 e. The van der Waals surface area contributed by atoms with Crippen molar-refractivity contribution in [1.82, 2.24) is 0 Å². The topological polar surface area (TPSA) is 38.8 Å². The number of amides is 1. The summed E-state index contributed by atoms with van der Waals surface area (Å²) in [6.45, 7) is 0.677. The Morgan fingerprint density at radius 2 is 2.00 bits per heavy atom. The Hall–Kier alpha value is -2.56. The number of fused-ring (bicyclic) bond motifs is 1. The molecule has 24 heavy (non-hydrogen) atoms. The first kappa shape index (κ1) is 16.3. The van der Waals surface area contributed by atoms with Gasteiger partial charge in [-0.15, -0.1) is 0 Å². The van der Waals surface area contributed by atoms with Crippen molar-refractivity contribution in [2.75, 3.05) is 25.7 Å². The summed E-state index contributed by atoms with van der Waals surface area (Å²) in [7, 11) is 3.05. The van der Waals surface area contributed by atoms with E-state index in [1.807, 2.05) is 18.2 Å². The number of carbonyl (C=O) groups excluding carboxylic acids is 1. The number of anilines is 1. The Morgan fingerprint density at radius 3 is 2.71 bits per heavy atom. The Labute approximate surface area is 140 Å². The molecule has 0 atom stereocenters. The van der Waals surface area contributed by atoms with Crippen molar-refractivity contribution < 1.29 is 18.7 Å². The molecule has 0 bridgehead atoms. The van der Waals surface area contributed by atoms with Gasteiger partial charge in [0.1, 0.15) is 5.75 Å². The van der Waals surface area contributed by atoms with Gasteiger partial charge >= 0.3 is 0 Å². The lowest BCUT2D eigenvalue weighted by Gasteiger charge is -2.30. The standard InChI is InChI=1S/C19H20FNO3/c1-23-15-6-7-17-14(12-15)4-3-9-21(17)19(22)11-13-5-8-18(24-2)16(20)10-13/h5-8,10,12H,3-4,9,11H2,1-2H3. The van der Waals surface area contributed by atoms with E-state index in [9.17, 15) is 9.18 Å². The van der Waals surface area contributed by atoms with Crippen LogP contribution in [-0.4, -0.2) is 26.7 Å². The van der Waals surface area contributed by atoms with Crippen LogP contribution >= 0.6 is 0 Å². The van der Waals surface area contributed by atoms with Crippen molar-refractivity contribution in [2.45, 2.75) is 19.3 Å². The molecule has 5 heteroatoms. The molecule has 0 spiro atoms. The highest BCUT2D eigenvalue weighted by Crippen LogP contribution is 2.31. The number of aryl methyl sites for hydroxylation is 1. The highest BCUT2D eigenvalue weighted by Gasteiger charge is 2.23. The van der Waals surface area contributed by atoms with Gasteiger partial charge in [-0.3, -0.25) is 4.79 Å². The number of carbonyl (C=O) groups is 1. The minimum Gasteiger partial charge on any atom is -0.497 e. The van der Waals surface area contributed by atoms with Gasteiger partial charge in [0.05, 0.1) is 20.6 Å². The summed E-state index contributed by atoms with van der Waals surface area (Å²) in [5, 5.41) is 0. The summed E-state index contributed by atoms with van der Waals surface area (Å²) in [5.74, 6) is 0.485. The first-order valence-corrected chi connectivity index (χ1v) is 7.92. The van der Waals surface area contributed by atoms with Crippen LogP contribution in [0.4, 0.5) is 10.1 Å². The van der Waals surface area contributed by atoms with E-state index >= 15 is 0 Å². The number of hydrogen-bond donors (Lipinski definition) is 0. The van der Waals surface area contributed by atoms with Crippen LogP contribution < -0.4 is 14.4 Å².